The van der Waals surface area contributed by atoms with Gasteiger partial charge in [0.1, 0.15) is 6.04 Å². The van der Waals surface area contributed by atoms with Crippen molar-refractivity contribution in [2.45, 2.75) is 40.2 Å². The highest BCUT2D eigenvalue weighted by atomic mass is 16.2. The molecule has 0 N–H and O–H groups in total. The third kappa shape index (κ3) is 2.55. The Bertz CT molecular complexity index is 539. The number of benzene rings is 1. The van der Waals surface area contributed by atoms with Crippen molar-refractivity contribution in [1.82, 2.24) is 4.90 Å². The van der Waals surface area contributed by atoms with E-state index in [-0.39, 0.29) is 17.9 Å². The number of carbonyl (C=O) groups excluding carboxylic acids is 2. The Morgan fingerprint density at radius 2 is 2.00 bits per heavy atom. The van der Waals surface area contributed by atoms with Gasteiger partial charge in [0.25, 0.3) is 0 Å². The second-order valence-electron chi connectivity index (χ2n) is 5.40. The molecule has 1 fully saturated rings. The van der Waals surface area contributed by atoms with E-state index < -0.39 is 0 Å². The summed E-state index contributed by atoms with van der Waals surface area (Å²) in [4.78, 5) is 27.9. The normalized spacial score (nSPS) is 19.4. The minimum atomic E-state index is -0.379. The Labute approximate surface area is 120 Å². The van der Waals surface area contributed by atoms with Crippen LogP contribution in [-0.2, 0) is 9.59 Å². The van der Waals surface area contributed by atoms with E-state index in [0.717, 1.165) is 16.8 Å². The summed E-state index contributed by atoms with van der Waals surface area (Å²) in [5.41, 5.74) is 3.19. The number of carbonyl (C=O) groups is 2. The van der Waals surface area contributed by atoms with E-state index in [4.69, 9.17) is 0 Å². The number of hydrogen-bond donors (Lipinski definition) is 0. The molecule has 0 radical (unpaired) electrons. The third-order valence-electron chi connectivity index (χ3n) is 3.93. The maximum Gasteiger partial charge on any atom is 0.249 e. The van der Waals surface area contributed by atoms with E-state index in [2.05, 4.69) is 0 Å². The molecule has 1 aromatic rings. The van der Waals surface area contributed by atoms with Crippen molar-refractivity contribution in [3.63, 3.8) is 0 Å². The maximum absolute atomic E-state index is 12.6. The van der Waals surface area contributed by atoms with Crippen LogP contribution in [0, 0.1) is 13.8 Å². The third-order valence-corrected chi connectivity index (χ3v) is 3.93. The van der Waals surface area contributed by atoms with Crippen LogP contribution in [0.3, 0.4) is 0 Å². The standard InChI is InChI=1S/C16H22N2O2/c1-5-15(19)17-8-9-18(16(20)13(17)4)14-10-11(2)6-7-12(14)3/h6-7,10,13H,5,8-9H2,1-4H3/t13-/m1/s1. The van der Waals surface area contributed by atoms with Crippen LogP contribution in [0.5, 0.6) is 0 Å². The highest BCUT2D eigenvalue weighted by Gasteiger charge is 2.34. The molecule has 1 aromatic carbocycles. The fourth-order valence-corrected chi connectivity index (χ4v) is 2.66. The molecule has 2 amide bonds. The molecule has 0 aromatic heterocycles. The maximum atomic E-state index is 12.6. The second-order valence-corrected chi connectivity index (χ2v) is 5.40. The molecule has 1 aliphatic heterocycles. The van der Waals surface area contributed by atoms with Gasteiger partial charge >= 0.3 is 0 Å². The van der Waals surface area contributed by atoms with Gasteiger partial charge in [0.15, 0.2) is 0 Å². The average Bonchev–Trinajstić information content (AvgIpc) is 2.44. The van der Waals surface area contributed by atoms with Gasteiger partial charge < -0.3 is 9.80 Å². The first-order chi connectivity index (χ1) is 9.45. The highest BCUT2D eigenvalue weighted by Crippen LogP contribution is 2.25. The molecule has 1 aliphatic rings. The molecular formula is C16H22N2O2. The summed E-state index contributed by atoms with van der Waals surface area (Å²) in [6.07, 6.45) is 0.446. The summed E-state index contributed by atoms with van der Waals surface area (Å²) in [6.45, 7) is 8.85. The van der Waals surface area contributed by atoms with E-state index in [1.165, 1.54) is 0 Å². The quantitative estimate of drug-likeness (QED) is 0.830. The van der Waals surface area contributed by atoms with Crippen molar-refractivity contribution in [1.29, 1.82) is 0 Å². The van der Waals surface area contributed by atoms with Crippen molar-refractivity contribution in [2.75, 3.05) is 18.0 Å². The lowest BCUT2D eigenvalue weighted by molar-refractivity contribution is -0.140. The number of nitrogens with zero attached hydrogens (tertiary/aromatic N) is 2. The lowest BCUT2D eigenvalue weighted by Crippen LogP contribution is -2.57. The van der Waals surface area contributed by atoms with Gasteiger partial charge in [0.2, 0.25) is 11.8 Å². The number of piperazine rings is 1. The lowest BCUT2D eigenvalue weighted by atomic mass is 10.1. The van der Waals surface area contributed by atoms with E-state index in [1.807, 2.05) is 50.8 Å². The zero-order valence-corrected chi connectivity index (χ0v) is 12.6. The van der Waals surface area contributed by atoms with E-state index in [9.17, 15) is 9.59 Å². The van der Waals surface area contributed by atoms with Crippen LogP contribution in [0.25, 0.3) is 0 Å². The summed E-state index contributed by atoms with van der Waals surface area (Å²) in [5, 5.41) is 0. The molecule has 108 valence electrons. The second kappa shape index (κ2) is 5.65. The summed E-state index contributed by atoms with van der Waals surface area (Å²) < 4.78 is 0. The summed E-state index contributed by atoms with van der Waals surface area (Å²) >= 11 is 0. The Morgan fingerprint density at radius 3 is 2.65 bits per heavy atom. The van der Waals surface area contributed by atoms with Gasteiger partial charge in [-0.15, -0.1) is 0 Å². The Hall–Kier alpha value is -1.84. The van der Waals surface area contributed by atoms with Crippen molar-refractivity contribution in [3.05, 3.63) is 29.3 Å². The zero-order valence-electron chi connectivity index (χ0n) is 12.6. The Morgan fingerprint density at radius 1 is 1.30 bits per heavy atom. The van der Waals surface area contributed by atoms with Gasteiger partial charge in [-0.05, 0) is 38.0 Å². The molecule has 0 spiro atoms. The van der Waals surface area contributed by atoms with Gasteiger partial charge in [0.05, 0.1) is 0 Å². The molecule has 0 unspecified atom stereocenters. The largest absolute Gasteiger partial charge is 0.329 e. The molecule has 0 aliphatic carbocycles. The number of anilines is 1. The molecule has 20 heavy (non-hydrogen) atoms. The fourth-order valence-electron chi connectivity index (χ4n) is 2.66. The smallest absolute Gasteiger partial charge is 0.249 e. The molecule has 1 saturated heterocycles. The average molecular weight is 274 g/mol. The molecule has 0 saturated carbocycles. The van der Waals surface area contributed by atoms with Crippen LogP contribution in [0.1, 0.15) is 31.4 Å². The SMILES string of the molecule is CCC(=O)N1CCN(c2cc(C)ccc2C)C(=O)[C@H]1C. The van der Waals surface area contributed by atoms with Crippen LogP contribution >= 0.6 is 0 Å². The van der Waals surface area contributed by atoms with Gasteiger partial charge in [-0.1, -0.05) is 19.1 Å². The molecule has 0 bridgehead atoms. The van der Waals surface area contributed by atoms with E-state index in [0.29, 0.717) is 19.5 Å². The molecule has 2 rings (SSSR count). The van der Waals surface area contributed by atoms with E-state index >= 15 is 0 Å². The van der Waals surface area contributed by atoms with Crippen molar-refractivity contribution < 1.29 is 9.59 Å². The topological polar surface area (TPSA) is 40.6 Å². The molecule has 4 nitrogen and oxygen atoms in total. The lowest BCUT2D eigenvalue weighted by Gasteiger charge is -2.39. The van der Waals surface area contributed by atoms with Crippen LogP contribution in [0.2, 0.25) is 0 Å². The van der Waals surface area contributed by atoms with Gasteiger partial charge in [-0.2, -0.15) is 0 Å². The van der Waals surface area contributed by atoms with Crippen molar-refractivity contribution >= 4 is 17.5 Å². The van der Waals surface area contributed by atoms with E-state index in [1.54, 1.807) is 4.90 Å². The monoisotopic (exact) mass is 274 g/mol. The van der Waals surface area contributed by atoms with Crippen LogP contribution in [0.15, 0.2) is 18.2 Å². The first kappa shape index (κ1) is 14.6. The Balaban J connectivity index is 2.27. The van der Waals surface area contributed by atoms with Crippen molar-refractivity contribution in [3.8, 4) is 0 Å². The summed E-state index contributed by atoms with van der Waals surface area (Å²) in [5.74, 6) is 0.0539. The minimum Gasteiger partial charge on any atom is -0.329 e. The predicted octanol–water partition coefficient (Wildman–Crippen LogP) is 2.28. The predicted molar refractivity (Wildman–Crippen MR) is 79.7 cm³/mol. The Kier molecular flexibility index (Phi) is 4.12. The number of rotatable bonds is 2. The first-order valence-corrected chi connectivity index (χ1v) is 7.13. The zero-order chi connectivity index (χ0) is 14.9. The van der Waals surface area contributed by atoms with Gasteiger partial charge in [-0.3, -0.25) is 9.59 Å². The molecule has 1 heterocycles. The first-order valence-electron chi connectivity index (χ1n) is 7.13. The minimum absolute atomic E-state index is 0.00625. The fraction of sp³-hybridized carbons (Fsp3) is 0.500. The van der Waals surface area contributed by atoms with Gasteiger partial charge in [0, 0.05) is 25.2 Å². The number of amides is 2. The number of aryl methyl sites for hydroxylation is 2. The highest BCUT2D eigenvalue weighted by molar-refractivity contribution is 6.00. The molecule has 4 heteroatoms. The van der Waals surface area contributed by atoms with Crippen LogP contribution in [-0.4, -0.2) is 35.8 Å². The summed E-state index contributed by atoms with van der Waals surface area (Å²) in [7, 11) is 0. The molecular weight excluding hydrogens is 252 g/mol. The van der Waals surface area contributed by atoms with Crippen LogP contribution in [0.4, 0.5) is 5.69 Å². The van der Waals surface area contributed by atoms with Gasteiger partial charge in [-0.25, -0.2) is 0 Å². The van der Waals surface area contributed by atoms with Crippen molar-refractivity contribution in [2.24, 2.45) is 0 Å². The van der Waals surface area contributed by atoms with Crippen LogP contribution < -0.4 is 4.90 Å². The summed E-state index contributed by atoms with van der Waals surface area (Å²) in [6, 6.07) is 5.74. The molecule has 1 atom stereocenters. The number of hydrogen-bond acceptors (Lipinski definition) is 2.